The van der Waals surface area contributed by atoms with E-state index in [-0.39, 0.29) is 18.6 Å². The molecule has 9 nitrogen and oxygen atoms in total. The van der Waals surface area contributed by atoms with Crippen LogP contribution in [0, 0.1) is 11.8 Å². The van der Waals surface area contributed by atoms with E-state index in [1.54, 1.807) is 21.1 Å². The molecule has 3 atom stereocenters. The van der Waals surface area contributed by atoms with Crippen molar-refractivity contribution in [3.63, 3.8) is 0 Å². The lowest BCUT2D eigenvalue weighted by Gasteiger charge is -2.38. The van der Waals surface area contributed by atoms with Crippen LogP contribution < -0.4 is 20.7 Å². The Hall–Kier alpha value is -4.62. The molecule has 1 aliphatic rings. The Morgan fingerprint density at radius 3 is 2.24 bits per heavy atom. The van der Waals surface area contributed by atoms with Crippen molar-refractivity contribution in [2.75, 3.05) is 20.8 Å². The number of aliphatic hydroxyl groups is 1. The molecule has 4 aromatic rings. The summed E-state index contributed by atoms with van der Waals surface area (Å²) in [5, 5.41) is 11.1. The number of H-pyrrole nitrogens is 1. The zero-order chi connectivity index (χ0) is 29.7. The highest BCUT2D eigenvalue weighted by Crippen LogP contribution is 2.47. The summed E-state index contributed by atoms with van der Waals surface area (Å²) in [4.78, 5) is 27.1. The fourth-order valence-electron chi connectivity index (χ4n) is 5.40. The third-order valence-corrected chi connectivity index (χ3v) is 7.35. The summed E-state index contributed by atoms with van der Waals surface area (Å²) < 4.78 is 25.8. The van der Waals surface area contributed by atoms with E-state index in [2.05, 4.69) is 16.8 Å². The number of nitrogens with zero attached hydrogens (tertiary/aromatic N) is 1. The van der Waals surface area contributed by atoms with Gasteiger partial charge in [-0.15, -0.1) is 5.92 Å². The van der Waals surface area contributed by atoms with Crippen molar-refractivity contribution in [3.8, 4) is 23.3 Å². The maximum absolute atomic E-state index is 12.6. The topological polar surface area (TPSA) is 112 Å². The number of nitrogens with one attached hydrogen (secondary N) is 1. The smallest absolute Gasteiger partial charge is 0.330 e. The predicted molar refractivity (Wildman–Crippen MR) is 157 cm³/mol. The number of aromatic nitrogens is 2. The van der Waals surface area contributed by atoms with Crippen LogP contribution in [0.4, 0.5) is 0 Å². The second kappa shape index (κ2) is 12.5. The van der Waals surface area contributed by atoms with Gasteiger partial charge in [0.1, 0.15) is 23.5 Å². The summed E-state index contributed by atoms with van der Waals surface area (Å²) in [5.41, 5.74) is 0.0640. The summed E-state index contributed by atoms with van der Waals surface area (Å²) in [6, 6.07) is 25.1. The molecule has 3 aromatic carbocycles. The molecule has 0 bridgehead atoms. The molecule has 0 amide bonds. The highest BCUT2D eigenvalue weighted by Gasteiger charge is 2.44. The van der Waals surface area contributed by atoms with Crippen LogP contribution >= 0.6 is 0 Å². The zero-order valence-electron chi connectivity index (χ0n) is 23.6. The molecule has 5 rings (SSSR count). The highest BCUT2D eigenvalue weighted by atomic mass is 16.6. The van der Waals surface area contributed by atoms with Gasteiger partial charge in [-0.3, -0.25) is 14.3 Å². The third-order valence-electron chi connectivity index (χ3n) is 7.35. The monoisotopic (exact) mass is 568 g/mol. The van der Waals surface area contributed by atoms with Crippen molar-refractivity contribution in [1.29, 1.82) is 0 Å². The van der Waals surface area contributed by atoms with E-state index in [9.17, 15) is 14.7 Å². The average molecular weight is 569 g/mol. The van der Waals surface area contributed by atoms with Crippen LogP contribution in [0.1, 0.15) is 41.8 Å². The number of para-hydroxylation sites is 1. The van der Waals surface area contributed by atoms with E-state index in [0.717, 1.165) is 11.1 Å². The Labute approximate surface area is 243 Å². The van der Waals surface area contributed by atoms with Crippen molar-refractivity contribution in [2.24, 2.45) is 0 Å². The van der Waals surface area contributed by atoms with Crippen LogP contribution in [-0.2, 0) is 15.1 Å². The fraction of sp³-hybridized carbons (Fsp3) is 0.273. The van der Waals surface area contributed by atoms with Gasteiger partial charge in [0.15, 0.2) is 11.5 Å². The van der Waals surface area contributed by atoms with Gasteiger partial charge in [0.25, 0.3) is 5.56 Å². The Bertz CT molecular complexity index is 1660. The molecular formula is C33H32N2O7. The van der Waals surface area contributed by atoms with Crippen LogP contribution in [0.3, 0.4) is 0 Å². The predicted octanol–water partition coefficient (Wildman–Crippen LogP) is 3.58. The Kier molecular flexibility index (Phi) is 8.59. The van der Waals surface area contributed by atoms with E-state index in [4.69, 9.17) is 18.9 Å². The van der Waals surface area contributed by atoms with Crippen LogP contribution in [0.5, 0.6) is 11.5 Å². The quantitative estimate of drug-likeness (QED) is 0.235. The number of hydrogen-bond acceptors (Lipinski definition) is 7. The molecule has 1 aliphatic heterocycles. The van der Waals surface area contributed by atoms with Gasteiger partial charge in [0, 0.05) is 18.2 Å². The maximum Gasteiger partial charge on any atom is 0.330 e. The number of methoxy groups -OCH3 is 2. The highest BCUT2D eigenvalue weighted by molar-refractivity contribution is 5.57. The summed E-state index contributed by atoms with van der Waals surface area (Å²) >= 11 is 0. The zero-order valence-corrected chi connectivity index (χ0v) is 23.6. The maximum atomic E-state index is 12.6. The minimum Gasteiger partial charge on any atom is -0.493 e. The van der Waals surface area contributed by atoms with Gasteiger partial charge in [0.2, 0.25) is 0 Å². The van der Waals surface area contributed by atoms with Gasteiger partial charge in [0.05, 0.1) is 26.9 Å². The second-order valence-corrected chi connectivity index (χ2v) is 9.78. The third kappa shape index (κ3) is 5.35. The normalized spacial score (nSPS) is 18.2. The molecule has 0 spiro atoms. The number of benzene rings is 3. The molecule has 1 fully saturated rings. The summed E-state index contributed by atoms with van der Waals surface area (Å²) in [6.45, 7) is 1.56. The minimum absolute atomic E-state index is 0.0401. The van der Waals surface area contributed by atoms with Crippen LogP contribution in [0.15, 0.2) is 94.6 Å². The standard InChI is InChI=1S/C33H32N2O7/c1-4-12-22-20-35(32(38)34-31(22)37)29-19-26(36)28(42-29)21-41-33(23-13-7-5-8-14-23,24-15-9-6-10-16-24)25-17-11-18-27(39-2)30(25)40-3/h5-11,13-18,20,26,28-29,36H,19,21H2,1-3H3,(H,34,37,38). The number of rotatable bonds is 9. The molecule has 1 saturated heterocycles. The Morgan fingerprint density at radius 2 is 1.64 bits per heavy atom. The van der Waals surface area contributed by atoms with Crippen LogP contribution in [-0.4, -0.2) is 47.7 Å². The Balaban J connectivity index is 1.57. The lowest BCUT2D eigenvalue weighted by atomic mass is 9.79. The van der Waals surface area contributed by atoms with Gasteiger partial charge >= 0.3 is 5.69 Å². The molecule has 2 N–H and O–H groups in total. The molecule has 0 radical (unpaired) electrons. The average Bonchev–Trinajstić information content (AvgIpc) is 3.39. The second-order valence-electron chi connectivity index (χ2n) is 9.78. The molecular weight excluding hydrogens is 536 g/mol. The van der Waals surface area contributed by atoms with E-state index >= 15 is 0 Å². The molecule has 42 heavy (non-hydrogen) atoms. The molecule has 0 saturated carbocycles. The molecule has 2 heterocycles. The first-order chi connectivity index (χ1) is 20.4. The fourth-order valence-corrected chi connectivity index (χ4v) is 5.40. The molecule has 9 heteroatoms. The van der Waals surface area contributed by atoms with Gasteiger partial charge in [-0.2, -0.15) is 0 Å². The first-order valence-corrected chi connectivity index (χ1v) is 13.5. The van der Waals surface area contributed by atoms with E-state index in [1.165, 1.54) is 10.8 Å². The van der Waals surface area contributed by atoms with Crippen LogP contribution in [0.25, 0.3) is 0 Å². The lowest BCUT2D eigenvalue weighted by molar-refractivity contribution is -0.0948. The molecule has 1 aromatic heterocycles. The minimum atomic E-state index is -1.19. The van der Waals surface area contributed by atoms with E-state index in [0.29, 0.717) is 17.1 Å². The number of hydrogen-bond donors (Lipinski definition) is 2. The first-order valence-electron chi connectivity index (χ1n) is 13.5. The van der Waals surface area contributed by atoms with Gasteiger partial charge < -0.3 is 24.1 Å². The van der Waals surface area contributed by atoms with Crippen molar-refractivity contribution >= 4 is 0 Å². The molecule has 3 unspecified atom stereocenters. The van der Waals surface area contributed by atoms with Gasteiger partial charge in [-0.1, -0.05) is 78.7 Å². The van der Waals surface area contributed by atoms with Gasteiger partial charge in [-0.05, 0) is 24.1 Å². The van der Waals surface area contributed by atoms with Crippen molar-refractivity contribution < 1.29 is 24.1 Å². The SMILES string of the molecule is CC#Cc1cn(C2CC(O)C(COC(c3ccccc3)(c3ccccc3)c3cccc(OC)c3OC)O2)c(=O)[nH]c1=O. The molecule has 216 valence electrons. The first kappa shape index (κ1) is 28.9. The van der Waals surface area contributed by atoms with Crippen molar-refractivity contribution in [3.05, 3.63) is 128 Å². The van der Waals surface area contributed by atoms with Gasteiger partial charge in [-0.25, -0.2) is 4.79 Å². The number of aromatic amines is 1. The van der Waals surface area contributed by atoms with Crippen molar-refractivity contribution in [2.45, 2.75) is 37.4 Å². The summed E-state index contributed by atoms with van der Waals surface area (Å²) in [6.07, 6.45) is -1.10. The summed E-state index contributed by atoms with van der Waals surface area (Å²) in [7, 11) is 3.16. The largest absolute Gasteiger partial charge is 0.493 e. The lowest BCUT2D eigenvalue weighted by Crippen LogP contribution is -2.38. The number of aliphatic hydroxyl groups excluding tert-OH is 1. The number of ether oxygens (including phenoxy) is 4. The van der Waals surface area contributed by atoms with Crippen LogP contribution in [0.2, 0.25) is 0 Å². The van der Waals surface area contributed by atoms with E-state index in [1.807, 2.05) is 78.9 Å². The van der Waals surface area contributed by atoms with Crippen molar-refractivity contribution in [1.82, 2.24) is 9.55 Å². The molecule has 0 aliphatic carbocycles. The Morgan fingerprint density at radius 1 is 0.976 bits per heavy atom. The van der Waals surface area contributed by atoms with E-state index < -0.39 is 35.3 Å². The summed E-state index contributed by atoms with van der Waals surface area (Å²) in [5.74, 6) is 6.40.